The Morgan fingerprint density at radius 2 is 1.91 bits per heavy atom. The maximum Gasteiger partial charge on any atom is 0.338 e. The summed E-state index contributed by atoms with van der Waals surface area (Å²) in [7, 11) is 0. The quantitative estimate of drug-likeness (QED) is 0.575. The average molecular weight is 453 g/mol. The van der Waals surface area contributed by atoms with E-state index in [0.717, 1.165) is 23.8 Å². The van der Waals surface area contributed by atoms with Crippen molar-refractivity contribution in [1.29, 1.82) is 0 Å². The summed E-state index contributed by atoms with van der Waals surface area (Å²) in [6.45, 7) is 3.23. The number of fused-ring (bicyclic) bond motifs is 1. The molecule has 10 heteroatoms. The van der Waals surface area contributed by atoms with E-state index in [-0.39, 0.29) is 18.8 Å². The van der Waals surface area contributed by atoms with Crippen molar-refractivity contribution in [1.82, 2.24) is 14.8 Å². The third-order valence-corrected chi connectivity index (χ3v) is 5.22. The average Bonchev–Trinajstić information content (AvgIpc) is 3.28. The fourth-order valence-corrected chi connectivity index (χ4v) is 3.76. The smallest absolute Gasteiger partial charge is 0.338 e. The first-order chi connectivity index (χ1) is 15.9. The summed E-state index contributed by atoms with van der Waals surface area (Å²) in [5.41, 5.74) is 1.24. The first kappa shape index (κ1) is 22.1. The summed E-state index contributed by atoms with van der Waals surface area (Å²) >= 11 is 0. The number of anilines is 2. The Hall–Kier alpha value is -4.08. The Labute approximate surface area is 188 Å². The first-order valence-electron chi connectivity index (χ1n) is 10.3. The van der Waals surface area contributed by atoms with E-state index < -0.39 is 29.6 Å². The van der Waals surface area contributed by atoms with Crippen LogP contribution in [0.25, 0.3) is 0 Å². The molecule has 8 nitrogen and oxygen atoms in total. The summed E-state index contributed by atoms with van der Waals surface area (Å²) < 4.78 is 34.3. The van der Waals surface area contributed by atoms with E-state index in [2.05, 4.69) is 15.4 Å². The monoisotopic (exact) mass is 453 g/mol. The van der Waals surface area contributed by atoms with E-state index in [0.29, 0.717) is 17.2 Å². The fraction of sp³-hybridized carbons (Fsp3) is 0.217. The SMILES string of the molecule is CCOC(=O)C1=C(C)N(CC(=O)Nc2cc(F)ccc2F)c2ncnn2C1c1ccccc1. The molecule has 0 saturated carbocycles. The second-order valence-electron chi connectivity index (χ2n) is 7.30. The van der Waals surface area contributed by atoms with Crippen molar-refractivity contribution < 1.29 is 23.1 Å². The van der Waals surface area contributed by atoms with Gasteiger partial charge >= 0.3 is 5.97 Å². The van der Waals surface area contributed by atoms with Gasteiger partial charge in [-0.1, -0.05) is 30.3 Å². The third kappa shape index (κ3) is 4.32. The lowest BCUT2D eigenvalue weighted by molar-refractivity contribution is -0.139. The number of esters is 1. The summed E-state index contributed by atoms with van der Waals surface area (Å²) in [4.78, 5) is 31.5. The molecule has 0 bridgehead atoms. The van der Waals surface area contributed by atoms with Crippen LogP contribution in [0.1, 0.15) is 25.5 Å². The Bertz CT molecular complexity index is 1230. The van der Waals surface area contributed by atoms with Gasteiger partial charge in [-0.15, -0.1) is 0 Å². The molecule has 1 N–H and O–H groups in total. The number of halogens is 2. The second-order valence-corrected chi connectivity index (χ2v) is 7.30. The van der Waals surface area contributed by atoms with Crippen LogP contribution in [0.3, 0.4) is 0 Å². The molecule has 1 atom stereocenters. The number of carbonyl (C=O) groups is 2. The molecule has 0 spiro atoms. The fourth-order valence-electron chi connectivity index (χ4n) is 3.76. The number of carbonyl (C=O) groups excluding carboxylic acids is 2. The minimum absolute atomic E-state index is 0.167. The Morgan fingerprint density at radius 3 is 2.64 bits per heavy atom. The van der Waals surface area contributed by atoms with E-state index >= 15 is 0 Å². The number of nitrogens with zero attached hydrogens (tertiary/aromatic N) is 4. The van der Waals surface area contributed by atoms with E-state index in [1.807, 2.05) is 30.3 Å². The van der Waals surface area contributed by atoms with E-state index in [1.165, 1.54) is 15.9 Å². The molecule has 1 aliphatic rings. The second kappa shape index (κ2) is 9.19. The minimum atomic E-state index is -0.768. The largest absolute Gasteiger partial charge is 0.463 e. The Morgan fingerprint density at radius 1 is 1.15 bits per heavy atom. The highest BCUT2D eigenvalue weighted by atomic mass is 19.1. The zero-order valence-corrected chi connectivity index (χ0v) is 18.0. The van der Waals surface area contributed by atoms with Crippen molar-refractivity contribution in [2.45, 2.75) is 19.9 Å². The van der Waals surface area contributed by atoms with Crippen molar-refractivity contribution in [3.8, 4) is 0 Å². The van der Waals surface area contributed by atoms with Crippen LogP contribution >= 0.6 is 0 Å². The van der Waals surface area contributed by atoms with Gasteiger partial charge in [0.15, 0.2) is 0 Å². The zero-order chi connectivity index (χ0) is 23.5. The molecule has 1 aromatic heterocycles. The van der Waals surface area contributed by atoms with Crippen LogP contribution in [0.5, 0.6) is 0 Å². The Balaban J connectivity index is 1.72. The predicted molar refractivity (Wildman–Crippen MR) is 116 cm³/mol. The van der Waals surface area contributed by atoms with Crippen LogP contribution < -0.4 is 10.2 Å². The first-order valence-corrected chi connectivity index (χ1v) is 10.3. The van der Waals surface area contributed by atoms with Crippen molar-refractivity contribution in [3.05, 3.63) is 83.3 Å². The van der Waals surface area contributed by atoms with Crippen LogP contribution in [0, 0.1) is 11.6 Å². The van der Waals surface area contributed by atoms with E-state index in [9.17, 15) is 18.4 Å². The number of nitrogens with one attached hydrogen (secondary N) is 1. The van der Waals surface area contributed by atoms with Crippen molar-refractivity contribution in [3.63, 3.8) is 0 Å². The zero-order valence-electron chi connectivity index (χ0n) is 18.0. The lowest BCUT2D eigenvalue weighted by Gasteiger charge is -2.35. The molecule has 1 amide bonds. The van der Waals surface area contributed by atoms with Crippen LogP contribution in [0.15, 0.2) is 66.1 Å². The van der Waals surface area contributed by atoms with Gasteiger partial charge in [-0.3, -0.25) is 4.79 Å². The predicted octanol–water partition coefficient (Wildman–Crippen LogP) is 3.44. The lowest BCUT2D eigenvalue weighted by atomic mass is 9.95. The Kier molecular flexibility index (Phi) is 6.16. The van der Waals surface area contributed by atoms with Gasteiger partial charge in [0, 0.05) is 11.8 Å². The standard InChI is InChI=1S/C23H21F2N5O3/c1-3-33-22(32)20-14(2)29(12-19(31)28-18-11-16(24)9-10-17(18)25)23-26-13-27-30(23)21(20)15-7-5-4-6-8-15/h4-11,13,21H,3,12H2,1-2H3,(H,28,31). The van der Waals surface area contributed by atoms with Gasteiger partial charge < -0.3 is 15.0 Å². The van der Waals surface area contributed by atoms with Crippen molar-refractivity contribution >= 4 is 23.5 Å². The molecule has 4 rings (SSSR count). The van der Waals surface area contributed by atoms with E-state index in [1.54, 1.807) is 13.8 Å². The van der Waals surface area contributed by atoms with Crippen LogP contribution in [0.4, 0.5) is 20.4 Å². The molecule has 0 radical (unpaired) electrons. The molecular weight excluding hydrogens is 432 g/mol. The van der Waals surface area contributed by atoms with Gasteiger partial charge in [0.25, 0.3) is 0 Å². The van der Waals surface area contributed by atoms with Gasteiger partial charge in [0.1, 0.15) is 30.5 Å². The molecule has 2 aromatic carbocycles. The summed E-state index contributed by atoms with van der Waals surface area (Å²) in [6.07, 6.45) is 1.32. The van der Waals surface area contributed by atoms with Crippen LogP contribution in [0.2, 0.25) is 0 Å². The van der Waals surface area contributed by atoms with Gasteiger partial charge in [0.2, 0.25) is 11.9 Å². The molecule has 2 heterocycles. The highest BCUT2D eigenvalue weighted by Gasteiger charge is 2.38. The number of hydrogen-bond donors (Lipinski definition) is 1. The number of ether oxygens (including phenoxy) is 1. The maximum absolute atomic E-state index is 14.0. The number of allylic oxidation sites excluding steroid dienone is 1. The van der Waals surface area contributed by atoms with Gasteiger partial charge in [-0.05, 0) is 31.5 Å². The lowest BCUT2D eigenvalue weighted by Crippen LogP contribution is -2.41. The third-order valence-electron chi connectivity index (χ3n) is 5.22. The van der Waals surface area contributed by atoms with Crippen LogP contribution in [-0.4, -0.2) is 39.8 Å². The summed E-state index contributed by atoms with van der Waals surface area (Å²) in [5, 5.41) is 6.65. The molecule has 170 valence electrons. The molecule has 0 saturated heterocycles. The highest BCUT2D eigenvalue weighted by molar-refractivity contribution is 5.96. The highest BCUT2D eigenvalue weighted by Crippen LogP contribution is 2.38. The van der Waals surface area contributed by atoms with Gasteiger partial charge in [-0.2, -0.15) is 10.1 Å². The summed E-state index contributed by atoms with van der Waals surface area (Å²) in [5.74, 6) is -2.31. The number of rotatable bonds is 6. The molecule has 33 heavy (non-hydrogen) atoms. The number of amides is 1. The number of aromatic nitrogens is 3. The normalized spacial score (nSPS) is 15.3. The summed E-state index contributed by atoms with van der Waals surface area (Å²) in [6, 6.07) is 11.4. The van der Waals surface area contributed by atoms with Gasteiger partial charge in [-0.25, -0.2) is 18.3 Å². The molecule has 0 fully saturated rings. The number of benzene rings is 2. The van der Waals surface area contributed by atoms with E-state index in [4.69, 9.17) is 4.74 Å². The topological polar surface area (TPSA) is 89.3 Å². The van der Waals surface area contributed by atoms with Crippen LogP contribution in [-0.2, 0) is 14.3 Å². The molecule has 1 unspecified atom stereocenters. The molecule has 1 aliphatic heterocycles. The number of hydrogen-bond acceptors (Lipinski definition) is 6. The van der Waals surface area contributed by atoms with Crippen molar-refractivity contribution in [2.24, 2.45) is 0 Å². The molecule has 0 aliphatic carbocycles. The van der Waals surface area contributed by atoms with Gasteiger partial charge in [0.05, 0.1) is 17.9 Å². The molecular formula is C23H21F2N5O3. The maximum atomic E-state index is 14.0. The molecule has 3 aromatic rings. The minimum Gasteiger partial charge on any atom is -0.463 e. The van der Waals surface area contributed by atoms with Crippen molar-refractivity contribution in [2.75, 3.05) is 23.4 Å².